The van der Waals surface area contributed by atoms with Crippen LogP contribution in [0.5, 0.6) is 0 Å². The van der Waals surface area contributed by atoms with Crippen molar-refractivity contribution in [2.45, 2.75) is 56.8 Å². The van der Waals surface area contributed by atoms with E-state index in [0.717, 1.165) is 43.6 Å². The number of fused-ring (bicyclic) bond motifs is 3. The van der Waals surface area contributed by atoms with Gasteiger partial charge in [-0.05, 0) is 54.6 Å². The van der Waals surface area contributed by atoms with Gasteiger partial charge < -0.3 is 19.7 Å². The maximum absolute atomic E-state index is 13.2. The van der Waals surface area contributed by atoms with Crippen molar-refractivity contribution in [1.82, 2.24) is 9.13 Å². The number of benzene rings is 2. The van der Waals surface area contributed by atoms with Crippen molar-refractivity contribution in [2.75, 3.05) is 26.1 Å². The number of carbonyl (C=O) groups excluding carboxylic acids is 2. The van der Waals surface area contributed by atoms with Crippen molar-refractivity contribution < 1.29 is 39.1 Å². The van der Waals surface area contributed by atoms with E-state index in [0.29, 0.717) is 6.42 Å². The second kappa shape index (κ2) is 13.8. The van der Waals surface area contributed by atoms with E-state index in [2.05, 4.69) is 11.2 Å². The number of aromatic nitrogens is 2. The van der Waals surface area contributed by atoms with Crippen LogP contribution in [0.3, 0.4) is 0 Å². The van der Waals surface area contributed by atoms with E-state index < -0.39 is 60.7 Å². The molecule has 2 heterocycles. The lowest BCUT2D eigenvalue weighted by Crippen LogP contribution is -2.43. The fourth-order valence-electron chi connectivity index (χ4n) is 5.82. The van der Waals surface area contributed by atoms with Gasteiger partial charge in [0.1, 0.15) is 18.8 Å². The molecule has 246 valence electrons. The topological polar surface area (TPSA) is 156 Å². The number of aliphatic hydroxyl groups excluding tert-OH is 2. The third-order valence-electron chi connectivity index (χ3n) is 8.44. The van der Waals surface area contributed by atoms with Gasteiger partial charge in [-0.1, -0.05) is 55.5 Å². The zero-order valence-corrected chi connectivity index (χ0v) is 26.9. The van der Waals surface area contributed by atoms with Gasteiger partial charge in [-0.3, -0.25) is 13.9 Å². The van der Waals surface area contributed by atoms with Crippen molar-refractivity contribution >= 4 is 25.3 Å². The van der Waals surface area contributed by atoms with E-state index in [1.54, 1.807) is 0 Å². The number of carbonyl (C=O) groups is 2. The Bertz CT molecular complexity index is 1720. The molecule has 1 unspecified atom stereocenters. The van der Waals surface area contributed by atoms with Crippen LogP contribution in [0.15, 0.2) is 70.4 Å². The molecule has 13 heteroatoms. The molecular formula is C33H39N2O10P. The first-order valence-electron chi connectivity index (χ1n) is 15.1. The number of rotatable bonds is 10. The first-order chi connectivity index (χ1) is 21.9. The smallest absolute Gasteiger partial charge is 0.431 e. The van der Waals surface area contributed by atoms with Crippen LogP contribution in [-0.2, 0) is 30.6 Å². The van der Waals surface area contributed by atoms with Crippen molar-refractivity contribution in [2.24, 2.45) is 5.92 Å². The van der Waals surface area contributed by atoms with Crippen molar-refractivity contribution in [3.8, 4) is 11.1 Å². The summed E-state index contributed by atoms with van der Waals surface area (Å²) in [4.78, 5) is 59.9. The highest BCUT2D eigenvalue weighted by molar-refractivity contribution is 7.72. The number of nitrogens with zero attached hydrogens (tertiary/aromatic N) is 2. The number of hydrogen-bond acceptors (Lipinski definition) is 10. The molecule has 2 aromatic carbocycles. The quantitative estimate of drug-likeness (QED) is 0.144. The van der Waals surface area contributed by atoms with Crippen molar-refractivity contribution in [1.29, 1.82) is 0 Å². The number of ether oxygens (including phenoxy) is 2. The molecule has 3 aromatic rings. The third-order valence-corrected chi connectivity index (χ3v) is 9.91. The van der Waals surface area contributed by atoms with Crippen LogP contribution < -0.4 is 11.2 Å². The summed E-state index contributed by atoms with van der Waals surface area (Å²) in [6.07, 6.45) is 0.869. The Morgan fingerprint density at radius 3 is 2.24 bits per heavy atom. The summed E-state index contributed by atoms with van der Waals surface area (Å²) in [5, 5.41) is 21.2. The SMILES string of the molecule is C=P(C)(C)CC[C@H]1O[C@@H](n2ccc(=O)n(CCC(C)C(=O)OOC(=O)OCC3c4ccccc4-c4ccccc43)c2=O)[C@H](O)[C@@H]1O. The molecule has 0 bridgehead atoms. The fraction of sp³-hybridized carbons (Fsp3) is 0.424. The van der Waals surface area contributed by atoms with E-state index in [1.165, 1.54) is 13.1 Å². The highest BCUT2D eigenvalue weighted by Gasteiger charge is 2.44. The molecule has 0 saturated carbocycles. The maximum atomic E-state index is 13.2. The Balaban J connectivity index is 1.14. The van der Waals surface area contributed by atoms with E-state index in [-0.39, 0.29) is 25.5 Å². The van der Waals surface area contributed by atoms with Crippen molar-refractivity contribution in [3.05, 3.63) is 92.8 Å². The van der Waals surface area contributed by atoms with Gasteiger partial charge in [-0.25, -0.2) is 19.4 Å². The average molecular weight is 655 g/mol. The summed E-state index contributed by atoms with van der Waals surface area (Å²) in [5.74, 6) is -1.96. The minimum Gasteiger partial charge on any atom is -0.431 e. The van der Waals surface area contributed by atoms with Crippen molar-refractivity contribution in [3.63, 3.8) is 0 Å². The monoisotopic (exact) mass is 654 g/mol. The maximum Gasteiger partial charge on any atom is 0.549 e. The average Bonchev–Trinajstić information content (AvgIpc) is 3.50. The Morgan fingerprint density at radius 1 is 0.978 bits per heavy atom. The molecule has 0 amide bonds. The minimum absolute atomic E-state index is 0.00629. The van der Waals surface area contributed by atoms with Crippen LogP contribution in [0, 0.1) is 5.92 Å². The lowest BCUT2D eigenvalue weighted by Gasteiger charge is -2.19. The standard InChI is InChI=1S/C33H39N2O10P/c1-20(31(39)44-45-33(41)42-19-25-23-11-7-5-9-21(23)22-10-6-8-12-24(22)25)13-16-34-27(36)14-17-35(32(34)40)30-29(38)28(37)26(43-30)15-18-46(2,3)4/h5-12,14,17,20,25-26,28-30,37-38H,2,13,15-16,18-19H2,1,3-4H3/t20?,26-,28-,29-,30-/m1/s1. The molecule has 1 aliphatic carbocycles. The number of hydrogen-bond donors (Lipinski definition) is 2. The first-order valence-corrected chi connectivity index (χ1v) is 18.2. The van der Waals surface area contributed by atoms with Gasteiger partial charge in [0.2, 0.25) is 0 Å². The Labute approximate surface area is 266 Å². The highest BCUT2D eigenvalue weighted by Crippen LogP contribution is 2.44. The molecule has 1 fully saturated rings. The van der Waals surface area contributed by atoms with E-state index >= 15 is 0 Å². The molecule has 1 saturated heterocycles. The van der Waals surface area contributed by atoms with Gasteiger partial charge >= 0.3 is 17.8 Å². The summed E-state index contributed by atoms with van der Waals surface area (Å²) >= 11 is 0. The molecular weight excluding hydrogens is 615 g/mol. The third kappa shape index (κ3) is 7.20. The van der Waals surface area contributed by atoms with E-state index in [1.807, 2.05) is 61.9 Å². The predicted octanol–water partition coefficient (Wildman–Crippen LogP) is 3.18. The molecule has 0 radical (unpaired) electrons. The summed E-state index contributed by atoms with van der Waals surface area (Å²) in [6.45, 7) is 3.99. The van der Waals surface area contributed by atoms with Crippen LogP contribution in [0.1, 0.15) is 43.0 Å². The molecule has 2 N–H and O–H groups in total. The zero-order valence-electron chi connectivity index (χ0n) is 26.0. The molecule has 5 atom stereocenters. The van der Waals surface area contributed by atoms with Gasteiger partial charge in [0.15, 0.2) is 6.23 Å². The summed E-state index contributed by atoms with van der Waals surface area (Å²) in [6, 6.07) is 16.8. The Kier molecular flexibility index (Phi) is 10.0. The molecule has 12 nitrogen and oxygen atoms in total. The van der Waals surface area contributed by atoms with Crippen LogP contribution in [0.4, 0.5) is 4.79 Å². The Morgan fingerprint density at radius 2 is 1.61 bits per heavy atom. The lowest BCUT2D eigenvalue weighted by atomic mass is 9.98. The van der Waals surface area contributed by atoms with Crippen LogP contribution in [-0.4, -0.2) is 82.2 Å². The predicted molar refractivity (Wildman–Crippen MR) is 172 cm³/mol. The second-order valence-electron chi connectivity index (χ2n) is 12.5. The lowest BCUT2D eigenvalue weighted by molar-refractivity contribution is -0.247. The zero-order chi connectivity index (χ0) is 33.2. The molecule has 0 spiro atoms. The molecule has 1 aliphatic heterocycles. The van der Waals surface area contributed by atoms with Gasteiger partial charge in [-0.15, -0.1) is 13.2 Å². The second-order valence-corrected chi connectivity index (χ2v) is 16.8. The van der Waals surface area contributed by atoms with Gasteiger partial charge in [0.25, 0.3) is 5.56 Å². The van der Waals surface area contributed by atoms with Gasteiger partial charge in [-0.2, -0.15) is 4.79 Å². The molecule has 1 aromatic heterocycles. The summed E-state index contributed by atoms with van der Waals surface area (Å²) in [7, 11) is 0. The first kappa shape index (κ1) is 33.4. The molecule has 2 aliphatic rings. The largest absolute Gasteiger partial charge is 0.549 e. The molecule has 46 heavy (non-hydrogen) atoms. The van der Waals surface area contributed by atoms with Gasteiger partial charge in [0, 0.05) is 24.7 Å². The highest BCUT2D eigenvalue weighted by atomic mass is 31.2. The fourth-order valence-corrected chi connectivity index (χ4v) is 6.77. The minimum atomic E-state index is -1.41. The van der Waals surface area contributed by atoms with Crippen LogP contribution in [0.25, 0.3) is 11.1 Å². The van der Waals surface area contributed by atoms with Gasteiger partial charge in [0.05, 0.1) is 12.0 Å². The van der Waals surface area contributed by atoms with Crippen LogP contribution >= 0.6 is 6.89 Å². The normalized spacial score (nSPS) is 21.3. The number of aliphatic hydroxyl groups is 2. The van der Waals surface area contributed by atoms with Crippen LogP contribution in [0.2, 0.25) is 0 Å². The Hall–Kier alpha value is -3.96. The van der Waals surface area contributed by atoms with E-state index in [4.69, 9.17) is 14.4 Å². The molecule has 5 rings (SSSR count). The summed E-state index contributed by atoms with van der Waals surface area (Å²) < 4.78 is 13.1. The summed E-state index contributed by atoms with van der Waals surface area (Å²) in [5.41, 5.74) is 2.76. The van der Waals surface area contributed by atoms with E-state index in [9.17, 15) is 29.4 Å².